The maximum atomic E-state index is 10.8. The smallest absolute Gasteiger partial charge is 0.418 e. The van der Waals surface area contributed by atoms with E-state index in [1.54, 1.807) is 11.7 Å². The lowest BCUT2D eigenvalue weighted by molar-refractivity contribution is -0.127. The third-order valence-corrected chi connectivity index (χ3v) is 2.50. The molecule has 0 aliphatic rings. The van der Waals surface area contributed by atoms with Crippen molar-refractivity contribution < 1.29 is 26.6 Å². The number of unbranched alkanes of at least 4 members (excludes halogenated alkanes) is 1. The molecule has 2 N–H and O–H groups in total. The number of rotatable bonds is 7. The second-order valence-corrected chi connectivity index (χ2v) is 5.35. The minimum Gasteiger partial charge on any atom is -0.617 e. The first kappa shape index (κ1) is 14.6. The van der Waals surface area contributed by atoms with E-state index in [1.807, 2.05) is 0 Å². The van der Waals surface area contributed by atoms with Crippen LogP contribution in [0.5, 0.6) is 0 Å². The second kappa shape index (κ2) is 7.01. The summed E-state index contributed by atoms with van der Waals surface area (Å²) in [4.78, 5) is 10.8. The number of hydrogen-bond donors (Lipinski definition) is 2. The molecule has 0 spiro atoms. The van der Waals surface area contributed by atoms with E-state index >= 15 is 0 Å². The van der Waals surface area contributed by atoms with E-state index in [0.29, 0.717) is 18.6 Å². The standard InChI is InChI=1S/C6H13NO6S2/c1-14(9)5-3-2-4-6(8)7-13-15(10,11)12/h2-5H2,1H3,(H,7,8)(H,10,11,12). The SMILES string of the molecule is C[S+]([O-])CCCCC(=O)NOS(=O)(=O)O. The Balaban J connectivity index is 3.50. The fourth-order valence-corrected chi connectivity index (χ4v) is 1.55. The molecule has 0 fully saturated rings. The zero-order valence-electron chi connectivity index (χ0n) is 8.13. The van der Waals surface area contributed by atoms with Crippen molar-refractivity contribution in [2.75, 3.05) is 12.0 Å². The molecule has 0 rings (SSSR count). The molecule has 90 valence electrons. The quantitative estimate of drug-likeness (QED) is 0.272. The van der Waals surface area contributed by atoms with Gasteiger partial charge in [0.15, 0.2) is 0 Å². The monoisotopic (exact) mass is 259 g/mol. The van der Waals surface area contributed by atoms with Gasteiger partial charge in [0, 0.05) is 6.42 Å². The summed E-state index contributed by atoms with van der Waals surface area (Å²) in [7, 11) is -4.64. The van der Waals surface area contributed by atoms with Crippen LogP contribution in [-0.2, 0) is 30.7 Å². The highest BCUT2D eigenvalue weighted by atomic mass is 32.3. The molecule has 0 heterocycles. The van der Waals surface area contributed by atoms with Crippen molar-refractivity contribution >= 4 is 27.5 Å². The number of carbonyl (C=O) groups excluding carboxylic acids is 1. The largest absolute Gasteiger partial charge is 0.617 e. The Morgan fingerprint density at radius 1 is 1.53 bits per heavy atom. The molecule has 0 aromatic carbocycles. The zero-order valence-corrected chi connectivity index (χ0v) is 9.77. The number of amides is 1. The molecular formula is C6H13NO6S2. The number of carbonyl (C=O) groups is 1. The van der Waals surface area contributed by atoms with Crippen LogP contribution in [0.3, 0.4) is 0 Å². The Morgan fingerprint density at radius 2 is 2.13 bits per heavy atom. The summed E-state index contributed by atoms with van der Waals surface area (Å²) in [5.41, 5.74) is 1.56. The average molecular weight is 259 g/mol. The molecule has 0 radical (unpaired) electrons. The molecule has 9 heteroatoms. The fraction of sp³-hybridized carbons (Fsp3) is 0.833. The van der Waals surface area contributed by atoms with Crippen molar-refractivity contribution in [1.82, 2.24) is 5.48 Å². The van der Waals surface area contributed by atoms with Gasteiger partial charge < -0.3 is 4.55 Å². The predicted octanol–water partition coefficient (Wildman–Crippen LogP) is -0.614. The number of hydrogen-bond acceptors (Lipinski definition) is 5. The molecule has 0 aromatic rings. The van der Waals surface area contributed by atoms with Gasteiger partial charge >= 0.3 is 10.4 Å². The van der Waals surface area contributed by atoms with Crippen LogP contribution < -0.4 is 5.48 Å². The maximum Gasteiger partial charge on any atom is 0.418 e. The van der Waals surface area contributed by atoms with Gasteiger partial charge in [-0.2, -0.15) is 8.42 Å². The first-order chi connectivity index (χ1) is 6.81. The van der Waals surface area contributed by atoms with Gasteiger partial charge in [-0.3, -0.25) is 9.35 Å². The molecule has 1 unspecified atom stereocenters. The molecule has 0 aromatic heterocycles. The van der Waals surface area contributed by atoms with Gasteiger partial charge in [-0.25, -0.2) is 5.48 Å². The number of nitrogens with one attached hydrogen (secondary N) is 1. The van der Waals surface area contributed by atoms with Crippen molar-refractivity contribution in [3.05, 3.63) is 0 Å². The zero-order chi connectivity index (χ0) is 11.9. The van der Waals surface area contributed by atoms with Gasteiger partial charge in [0.2, 0.25) is 5.91 Å². The highest BCUT2D eigenvalue weighted by Crippen LogP contribution is 1.98. The normalized spacial score (nSPS) is 13.5. The highest BCUT2D eigenvalue weighted by molar-refractivity contribution is 7.90. The lowest BCUT2D eigenvalue weighted by atomic mass is 10.2. The Hall–Kier alpha value is -0.350. The van der Waals surface area contributed by atoms with Crippen LogP contribution in [0.2, 0.25) is 0 Å². The van der Waals surface area contributed by atoms with Crippen LogP contribution in [-0.4, -0.2) is 35.4 Å². The average Bonchev–Trinajstić information content (AvgIpc) is 2.07. The van der Waals surface area contributed by atoms with Crippen LogP contribution >= 0.6 is 0 Å². The van der Waals surface area contributed by atoms with Gasteiger partial charge in [-0.15, -0.1) is 4.28 Å². The molecule has 0 saturated carbocycles. The summed E-state index contributed by atoms with van der Waals surface area (Å²) in [6.45, 7) is 0. The summed E-state index contributed by atoms with van der Waals surface area (Å²) in [5.74, 6) is -0.165. The Bertz CT molecular complexity index is 288. The summed E-state index contributed by atoms with van der Waals surface area (Å²) in [6, 6.07) is 0. The van der Waals surface area contributed by atoms with E-state index in [0.717, 1.165) is 0 Å². The van der Waals surface area contributed by atoms with Gasteiger partial charge in [0.1, 0.15) is 5.75 Å². The molecule has 1 amide bonds. The van der Waals surface area contributed by atoms with Crippen molar-refractivity contribution in [2.24, 2.45) is 0 Å². The second-order valence-electron chi connectivity index (χ2n) is 2.77. The lowest BCUT2D eigenvalue weighted by Crippen LogP contribution is -2.26. The third-order valence-electron chi connectivity index (χ3n) is 1.35. The van der Waals surface area contributed by atoms with Crippen LogP contribution in [0.15, 0.2) is 0 Å². The Kier molecular flexibility index (Phi) is 6.85. The van der Waals surface area contributed by atoms with E-state index in [-0.39, 0.29) is 6.42 Å². The van der Waals surface area contributed by atoms with Crippen LogP contribution in [0.4, 0.5) is 0 Å². The van der Waals surface area contributed by atoms with E-state index in [1.165, 1.54) is 0 Å². The fourth-order valence-electron chi connectivity index (χ4n) is 0.741. The van der Waals surface area contributed by atoms with Gasteiger partial charge in [0.25, 0.3) is 0 Å². The first-order valence-corrected chi connectivity index (χ1v) is 7.15. The molecule has 0 aliphatic heterocycles. The molecule has 0 aliphatic carbocycles. The summed E-state index contributed by atoms with van der Waals surface area (Å²) in [6.07, 6.45) is 2.68. The van der Waals surface area contributed by atoms with E-state index in [9.17, 15) is 17.8 Å². The minimum absolute atomic E-state index is 0.0483. The van der Waals surface area contributed by atoms with E-state index in [2.05, 4.69) is 4.28 Å². The molecule has 7 nitrogen and oxygen atoms in total. The van der Waals surface area contributed by atoms with Crippen LogP contribution in [0.25, 0.3) is 0 Å². The Morgan fingerprint density at radius 3 is 2.60 bits per heavy atom. The maximum absolute atomic E-state index is 10.8. The van der Waals surface area contributed by atoms with E-state index in [4.69, 9.17) is 4.55 Å². The van der Waals surface area contributed by atoms with Crippen LogP contribution in [0.1, 0.15) is 19.3 Å². The predicted molar refractivity (Wildman–Crippen MR) is 53.6 cm³/mol. The van der Waals surface area contributed by atoms with Crippen molar-refractivity contribution in [3.8, 4) is 0 Å². The summed E-state index contributed by atoms with van der Waals surface area (Å²) in [5, 5.41) is 0. The first-order valence-electron chi connectivity index (χ1n) is 4.06. The van der Waals surface area contributed by atoms with Gasteiger partial charge in [-0.1, -0.05) is 11.2 Å². The molecule has 0 bridgehead atoms. The number of hydroxylamine groups is 1. The summed E-state index contributed by atoms with van der Waals surface area (Å²) < 4.78 is 42.4. The van der Waals surface area contributed by atoms with Crippen LogP contribution in [0, 0.1) is 0 Å². The molecular weight excluding hydrogens is 246 g/mol. The topological polar surface area (TPSA) is 116 Å². The van der Waals surface area contributed by atoms with E-state index < -0.39 is 27.5 Å². The molecule has 15 heavy (non-hydrogen) atoms. The lowest BCUT2D eigenvalue weighted by Gasteiger charge is -2.04. The minimum atomic E-state index is -4.64. The highest BCUT2D eigenvalue weighted by Gasteiger charge is 2.08. The van der Waals surface area contributed by atoms with Gasteiger partial charge in [-0.05, 0) is 12.8 Å². The Labute approximate surface area is 91.3 Å². The third kappa shape index (κ3) is 11.6. The van der Waals surface area contributed by atoms with Gasteiger partial charge in [0.05, 0.1) is 6.26 Å². The molecule has 1 atom stereocenters. The van der Waals surface area contributed by atoms with Crippen molar-refractivity contribution in [1.29, 1.82) is 0 Å². The van der Waals surface area contributed by atoms with Crippen molar-refractivity contribution in [3.63, 3.8) is 0 Å². The summed E-state index contributed by atoms with van der Waals surface area (Å²) >= 11 is -0.897. The van der Waals surface area contributed by atoms with Crippen molar-refractivity contribution in [2.45, 2.75) is 19.3 Å². The molecule has 0 saturated heterocycles.